The van der Waals surface area contributed by atoms with Crippen LogP contribution in [0.1, 0.15) is 0 Å². The van der Waals surface area contributed by atoms with Crippen LogP contribution in [0.4, 0.5) is 13.2 Å². The summed E-state index contributed by atoms with van der Waals surface area (Å²) in [6.07, 6.45) is 0.0523. The number of alkyl halides is 3. The van der Waals surface area contributed by atoms with E-state index in [9.17, 15) is 13.2 Å². The van der Waals surface area contributed by atoms with Crippen LogP contribution in [0.15, 0.2) is 0 Å². The Morgan fingerprint density at radius 3 is 2.61 bits per heavy atom. The molecule has 0 N–H and O–H groups in total. The zero-order valence-electron chi connectivity index (χ0n) is 9.78. The van der Waals surface area contributed by atoms with Gasteiger partial charge in [-0.2, -0.15) is 18.4 Å². The molecule has 18 heavy (non-hydrogen) atoms. The third-order valence-electron chi connectivity index (χ3n) is 2.55. The Bertz CT molecular complexity index is 345. The van der Waals surface area contributed by atoms with Crippen LogP contribution in [0.2, 0.25) is 0 Å². The van der Waals surface area contributed by atoms with Gasteiger partial charge in [0, 0.05) is 19.6 Å². The number of nitriles is 1. The third-order valence-corrected chi connectivity index (χ3v) is 2.55. The summed E-state index contributed by atoms with van der Waals surface area (Å²) < 4.78 is 41.2. The van der Waals surface area contributed by atoms with E-state index in [1.807, 2.05) is 11.0 Å². The predicted octanol–water partition coefficient (Wildman–Crippen LogP) is 0.666. The smallest absolute Gasteiger partial charge is 0.352 e. The van der Waals surface area contributed by atoms with Gasteiger partial charge in [0.1, 0.15) is 12.8 Å². The molecule has 0 radical (unpaired) electrons. The lowest BCUT2D eigenvalue weighted by molar-refractivity contribution is -0.209. The minimum atomic E-state index is -4.37. The summed E-state index contributed by atoms with van der Waals surface area (Å²) in [5, 5.41) is 8.62. The molecule has 0 amide bonds. The molecule has 1 aliphatic rings. The standard InChI is InChI=1S/C11H14F3N3O/c1-2-4-16-6-7-17(5-3-15)10(8-16)18-9-11(12,13)14/h1,10H,4-9H2. The van der Waals surface area contributed by atoms with Crippen molar-refractivity contribution in [2.45, 2.75) is 12.4 Å². The highest BCUT2D eigenvalue weighted by Gasteiger charge is 2.33. The number of hydrogen-bond donors (Lipinski definition) is 0. The molecule has 0 aromatic heterocycles. The topological polar surface area (TPSA) is 39.5 Å². The predicted molar refractivity (Wildman–Crippen MR) is 58.3 cm³/mol. The van der Waals surface area contributed by atoms with E-state index in [1.54, 1.807) is 4.90 Å². The summed E-state index contributed by atoms with van der Waals surface area (Å²) in [4.78, 5) is 3.41. The second kappa shape index (κ2) is 6.60. The molecule has 7 heteroatoms. The molecule has 0 aliphatic carbocycles. The molecule has 1 rings (SSSR count). The zero-order chi connectivity index (χ0) is 13.6. The van der Waals surface area contributed by atoms with Crippen LogP contribution >= 0.6 is 0 Å². The average Bonchev–Trinajstić information content (AvgIpc) is 2.29. The van der Waals surface area contributed by atoms with Crippen LogP contribution in [-0.2, 0) is 4.74 Å². The summed E-state index contributed by atoms with van der Waals surface area (Å²) in [5.74, 6) is 2.44. The monoisotopic (exact) mass is 261 g/mol. The number of halogens is 3. The third kappa shape index (κ3) is 4.92. The van der Waals surface area contributed by atoms with Gasteiger partial charge in [0.15, 0.2) is 0 Å². The first-order valence-electron chi connectivity index (χ1n) is 5.41. The fourth-order valence-electron chi connectivity index (χ4n) is 1.73. The van der Waals surface area contributed by atoms with Gasteiger partial charge in [0.05, 0.1) is 19.2 Å². The molecule has 1 aliphatic heterocycles. The summed E-state index contributed by atoms with van der Waals surface area (Å²) >= 11 is 0. The van der Waals surface area contributed by atoms with E-state index in [0.29, 0.717) is 19.6 Å². The molecule has 0 aromatic rings. The first-order valence-corrected chi connectivity index (χ1v) is 5.41. The molecule has 0 bridgehead atoms. The molecule has 1 saturated heterocycles. The highest BCUT2D eigenvalue weighted by Crippen LogP contribution is 2.18. The highest BCUT2D eigenvalue weighted by atomic mass is 19.4. The van der Waals surface area contributed by atoms with Crippen molar-refractivity contribution in [2.24, 2.45) is 0 Å². The molecule has 100 valence electrons. The second-order valence-corrected chi connectivity index (χ2v) is 3.95. The highest BCUT2D eigenvalue weighted by molar-refractivity contribution is 4.92. The van der Waals surface area contributed by atoms with Crippen LogP contribution in [0, 0.1) is 23.7 Å². The molecule has 1 atom stereocenters. The molecular formula is C11H14F3N3O. The van der Waals surface area contributed by atoms with E-state index < -0.39 is 19.0 Å². The lowest BCUT2D eigenvalue weighted by Gasteiger charge is -2.39. The summed E-state index contributed by atoms with van der Waals surface area (Å²) in [5.41, 5.74) is 0. The quantitative estimate of drug-likeness (QED) is 0.551. The molecule has 0 spiro atoms. The number of piperazine rings is 1. The van der Waals surface area contributed by atoms with Gasteiger partial charge in [-0.25, -0.2) is 0 Å². The van der Waals surface area contributed by atoms with E-state index in [1.165, 1.54) is 0 Å². The first-order chi connectivity index (χ1) is 8.46. The van der Waals surface area contributed by atoms with Gasteiger partial charge in [0.2, 0.25) is 0 Å². The second-order valence-electron chi connectivity index (χ2n) is 3.95. The Kier molecular flexibility index (Phi) is 5.42. The van der Waals surface area contributed by atoms with E-state index in [-0.39, 0.29) is 13.1 Å². The van der Waals surface area contributed by atoms with E-state index in [0.717, 1.165) is 0 Å². The molecule has 4 nitrogen and oxygen atoms in total. The SMILES string of the molecule is C#CCN1CCN(CC#N)C(OCC(F)(F)F)C1. The Balaban J connectivity index is 2.55. The van der Waals surface area contributed by atoms with Crippen molar-refractivity contribution in [3.63, 3.8) is 0 Å². The fraction of sp³-hybridized carbons (Fsp3) is 0.727. The van der Waals surface area contributed by atoms with Gasteiger partial charge in [-0.05, 0) is 0 Å². The van der Waals surface area contributed by atoms with Crippen molar-refractivity contribution in [1.82, 2.24) is 9.80 Å². The summed E-state index contributed by atoms with van der Waals surface area (Å²) in [6, 6.07) is 1.92. The van der Waals surface area contributed by atoms with Gasteiger partial charge < -0.3 is 4.74 Å². The lowest BCUT2D eigenvalue weighted by Crippen LogP contribution is -2.54. The van der Waals surface area contributed by atoms with Crippen LogP contribution in [0.25, 0.3) is 0 Å². The summed E-state index contributed by atoms with van der Waals surface area (Å²) in [7, 11) is 0. The maximum absolute atomic E-state index is 12.1. The number of ether oxygens (including phenoxy) is 1. The fourth-order valence-corrected chi connectivity index (χ4v) is 1.73. The van der Waals surface area contributed by atoms with Crippen molar-refractivity contribution in [3.05, 3.63) is 0 Å². The first kappa shape index (κ1) is 14.8. The Labute approximate surface area is 104 Å². The average molecular weight is 261 g/mol. The lowest BCUT2D eigenvalue weighted by atomic mass is 10.3. The van der Waals surface area contributed by atoms with Crippen LogP contribution < -0.4 is 0 Å². The van der Waals surface area contributed by atoms with Crippen LogP contribution in [0.3, 0.4) is 0 Å². The van der Waals surface area contributed by atoms with Gasteiger partial charge in [-0.1, -0.05) is 5.92 Å². The molecule has 1 unspecified atom stereocenters. The Morgan fingerprint density at radius 2 is 2.06 bits per heavy atom. The van der Waals surface area contributed by atoms with Crippen molar-refractivity contribution in [2.75, 3.05) is 39.3 Å². The molecule has 1 fully saturated rings. The van der Waals surface area contributed by atoms with Crippen molar-refractivity contribution >= 4 is 0 Å². The zero-order valence-corrected chi connectivity index (χ0v) is 9.78. The molecule has 0 saturated carbocycles. The van der Waals surface area contributed by atoms with Crippen molar-refractivity contribution in [1.29, 1.82) is 5.26 Å². The number of hydrogen-bond acceptors (Lipinski definition) is 4. The number of nitrogens with zero attached hydrogens (tertiary/aromatic N) is 3. The molecule has 0 aromatic carbocycles. The van der Waals surface area contributed by atoms with E-state index >= 15 is 0 Å². The molecular weight excluding hydrogens is 247 g/mol. The van der Waals surface area contributed by atoms with E-state index in [4.69, 9.17) is 16.4 Å². The Hall–Kier alpha value is -1.28. The van der Waals surface area contributed by atoms with Gasteiger partial charge >= 0.3 is 6.18 Å². The molecule has 1 heterocycles. The van der Waals surface area contributed by atoms with Crippen molar-refractivity contribution in [3.8, 4) is 18.4 Å². The maximum Gasteiger partial charge on any atom is 0.411 e. The number of rotatable bonds is 4. The van der Waals surface area contributed by atoms with Gasteiger partial charge in [0.25, 0.3) is 0 Å². The Morgan fingerprint density at radius 1 is 1.33 bits per heavy atom. The minimum Gasteiger partial charge on any atom is -0.352 e. The van der Waals surface area contributed by atoms with Crippen LogP contribution in [-0.4, -0.2) is 61.5 Å². The van der Waals surface area contributed by atoms with Crippen LogP contribution in [0.5, 0.6) is 0 Å². The van der Waals surface area contributed by atoms with Gasteiger partial charge in [-0.15, -0.1) is 6.42 Å². The van der Waals surface area contributed by atoms with E-state index in [2.05, 4.69) is 5.92 Å². The van der Waals surface area contributed by atoms with Crippen molar-refractivity contribution < 1.29 is 17.9 Å². The maximum atomic E-state index is 12.1. The summed E-state index contributed by atoms with van der Waals surface area (Å²) in [6.45, 7) is 0.472. The minimum absolute atomic E-state index is 0.0480. The van der Waals surface area contributed by atoms with Gasteiger partial charge in [-0.3, -0.25) is 9.80 Å². The normalized spacial score (nSPS) is 22.4. The number of terminal acetylenes is 1. The largest absolute Gasteiger partial charge is 0.411 e.